The summed E-state index contributed by atoms with van der Waals surface area (Å²) in [7, 11) is 0. The zero-order valence-corrected chi connectivity index (χ0v) is 5.52. The summed E-state index contributed by atoms with van der Waals surface area (Å²) in [6.45, 7) is 0. The average molecular weight is 167 g/mol. The van der Waals surface area contributed by atoms with Gasteiger partial charge in [-0.1, -0.05) is 0 Å². The predicted molar refractivity (Wildman–Crippen MR) is 35.9 cm³/mol. The van der Waals surface area contributed by atoms with E-state index in [0.29, 0.717) is 5.69 Å². The quantitative estimate of drug-likeness (QED) is 0.589. The Morgan fingerprint density at radius 1 is 1.00 bits per heavy atom. The van der Waals surface area contributed by atoms with Gasteiger partial charge in [-0.05, 0) is 24.3 Å². The van der Waals surface area contributed by atoms with Gasteiger partial charge in [0.15, 0.2) is 0 Å². The van der Waals surface area contributed by atoms with E-state index in [2.05, 4.69) is 0 Å². The Bertz CT molecular complexity index is 237. The zero-order valence-electron chi connectivity index (χ0n) is 5.52. The van der Waals surface area contributed by atoms with Gasteiger partial charge < -0.3 is 5.73 Å². The van der Waals surface area contributed by atoms with Gasteiger partial charge in [0.1, 0.15) is 0 Å². The summed E-state index contributed by atoms with van der Waals surface area (Å²) in [5.74, 6) is 0. The molecule has 0 aromatic heterocycles. The molecule has 0 aliphatic rings. The second-order valence-corrected chi connectivity index (χ2v) is 2.12. The molecule has 0 aliphatic heterocycles. The highest BCUT2D eigenvalue weighted by Crippen LogP contribution is 2.29. The fourth-order valence-electron chi connectivity index (χ4n) is 0.672. The lowest BCUT2D eigenvalue weighted by atomic mass is 10.9. The monoisotopic (exact) mass is 167 g/mol. The van der Waals surface area contributed by atoms with Crippen molar-refractivity contribution in [3.63, 3.8) is 0 Å². The molecule has 1 aromatic carbocycles. The van der Waals surface area contributed by atoms with Crippen LogP contribution in [0.4, 0.5) is 18.9 Å². The number of anilines is 1. The second-order valence-electron chi connectivity index (χ2n) is 2.12. The molecule has 0 saturated carbocycles. The fourth-order valence-corrected chi connectivity index (χ4v) is 0.672. The SMILES string of the molecule is N[13c]1[13cH][13cH][13c](C(F)(F)F)[13cH][13cH]1. The molecule has 0 aliphatic carbocycles. The largest absolute Gasteiger partial charge is 0.416 e. The first-order valence-electron chi connectivity index (χ1n) is 2.93. The lowest BCUT2D eigenvalue weighted by Gasteiger charge is -2.05. The molecule has 4 heteroatoms. The maximum atomic E-state index is 11.9. The molecule has 2 N–H and O–H groups in total. The summed E-state index contributed by atoms with van der Waals surface area (Å²) in [4.78, 5) is 0. The van der Waals surface area contributed by atoms with E-state index in [-0.39, 0.29) is 0 Å². The van der Waals surface area contributed by atoms with Gasteiger partial charge in [0.05, 0.1) is 5.56 Å². The Labute approximate surface area is 61.6 Å². The molecule has 0 amide bonds. The standard InChI is InChI=1S/C7H6F3N/c8-7(9,10)5-1-3-6(11)4-2-5/h1-4H,11H2/i1+1,2+1,3+1,4+1,5+1,6+1. The molecule has 0 heterocycles. The highest BCUT2D eigenvalue weighted by molar-refractivity contribution is 5.39. The summed E-state index contributed by atoms with van der Waals surface area (Å²) in [6.07, 6.45) is -4.27. The average Bonchev–Trinajstić information content (AvgIpc) is 1.86. The van der Waals surface area contributed by atoms with Gasteiger partial charge in [-0.15, -0.1) is 0 Å². The minimum absolute atomic E-state index is 0.331. The van der Waals surface area contributed by atoms with Crippen molar-refractivity contribution in [3.05, 3.63) is 29.8 Å². The molecular weight excluding hydrogens is 161 g/mol. The molecular formula is C7H6F3N. The third-order valence-corrected chi connectivity index (χ3v) is 1.24. The van der Waals surface area contributed by atoms with Crippen molar-refractivity contribution in [1.29, 1.82) is 0 Å². The summed E-state index contributed by atoms with van der Waals surface area (Å²) in [6, 6.07) is 4.36. The first-order chi connectivity index (χ1) is 5.00. The molecule has 0 fully saturated rings. The van der Waals surface area contributed by atoms with Gasteiger partial charge in [0.25, 0.3) is 0 Å². The van der Waals surface area contributed by atoms with Crippen LogP contribution in [0.15, 0.2) is 24.3 Å². The lowest BCUT2D eigenvalue weighted by molar-refractivity contribution is -0.137. The van der Waals surface area contributed by atoms with E-state index in [1.54, 1.807) is 0 Å². The lowest BCUT2D eigenvalue weighted by Crippen LogP contribution is -2.04. The minimum Gasteiger partial charge on any atom is -0.399 e. The van der Waals surface area contributed by atoms with Crippen LogP contribution in [0, 0.1) is 0 Å². The molecule has 0 saturated heterocycles. The summed E-state index contributed by atoms with van der Waals surface area (Å²) < 4.78 is 35.6. The number of halogens is 3. The third-order valence-electron chi connectivity index (χ3n) is 1.24. The molecule has 60 valence electrons. The number of alkyl halides is 3. The summed E-state index contributed by atoms with van der Waals surface area (Å²) in [5, 5.41) is 0. The van der Waals surface area contributed by atoms with Crippen LogP contribution in [0.2, 0.25) is 0 Å². The van der Waals surface area contributed by atoms with E-state index in [0.717, 1.165) is 12.1 Å². The molecule has 1 rings (SSSR count). The normalized spacial score (nSPS) is 11.5. The van der Waals surface area contributed by atoms with Crippen molar-refractivity contribution >= 4 is 5.69 Å². The van der Waals surface area contributed by atoms with Gasteiger partial charge in [0, 0.05) is 5.69 Å². The number of hydrogen-bond donors (Lipinski definition) is 1. The Morgan fingerprint density at radius 3 is 1.82 bits per heavy atom. The first-order valence-corrected chi connectivity index (χ1v) is 2.93. The number of rotatable bonds is 0. The molecule has 1 aromatic rings. The maximum Gasteiger partial charge on any atom is 0.416 e. The van der Waals surface area contributed by atoms with Crippen molar-refractivity contribution in [3.8, 4) is 0 Å². The molecule has 0 radical (unpaired) electrons. The Hall–Kier alpha value is -1.19. The maximum absolute atomic E-state index is 11.9. The number of benzene rings is 1. The molecule has 11 heavy (non-hydrogen) atoms. The van der Waals surface area contributed by atoms with E-state index in [1.165, 1.54) is 12.1 Å². The van der Waals surface area contributed by atoms with Gasteiger partial charge in [-0.2, -0.15) is 13.2 Å². The third kappa shape index (κ3) is 1.86. The Morgan fingerprint density at radius 2 is 1.45 bits per heavy atom. The number of nitrogens with two attached hydrogens (primary N) is 1. The van der Waals surface area contributed by atoms with Crippen LogP contribution in [0.3, 0.4) is 0 Å². The fraction of sp³-hybridized carbons (Fsp3) is 0.143. The van der Waals surface area contributed by atoms with Crippen molar-refractivity contribution < 1.29 is 13.2 Å². The molecule has 0 spiro atoms. The van der Waals surface area contributed by atoms with Crippen LogP contribution in [0.25, 0.3) is 0 Å². The van der Waals surface area contributed by atoms with Crippen LogP contribution < -0.4 is 5.73 Å². The van der Waals surface area contributed by atoms with Gasteiger partial charge in [0.2, 0.25) is 0 Å². The smallest absolute Gasteiger partial charge is 0.399 e. The Kier molecular flexibility index (Phi) is 1.76. The van der Waals surface area contributed by atoms with E-state index in [4.69, 9.17) is 5.73 Å². The topological polar surface area (TPSA) is 26.0 Å². The van der Waals surface area contributed by atoms with Gasteiger partial charge >= 0.3 is 6.18 Å². The number of nitrogen functional groups attached to an aromatic ring is 1. The van der Waals surface area contributed by atoms with E-state index in [9.17, 15) is 13.2 Å². The van der Waals surface area contributed by atoms with Crippen molar-refractivity contribution in [2.45, 2.75) is 6.18 Å². The molecule has 0 unspecified atom stereocenters. The highest BCUT2D eigenvalue weighted by atomic mass is 19.4. The summed E-state index contributed by atoms with van der Waals surface area (Å²) >= 11 is 0. The van der Waals surface area contributed by atoms with Crippen molar-refractivity contribution in [1.82, 2.24) is 0 Å². The van der Waals surface area contributed by atoms with E-state index < -0.39 is 11.7 Å². The van der Waals surface area contributed by atoms with E-state index >= 15 is 0 Å². The van der Waals surface area contributed by atoms with Crippen LogP contribution in [-0.4, -0.2) is 0 Å². The van der Waals surface area contributed by atoms with Crippen LogP contribution in [0.1, 0.15) is 5.56 Å². The van der Waals surface area contributed by atoms with Crippen molar-refractivity contribution in [2.75, 3.05) is 5.73 Å². The van der Waals surface area contributed by atoms with E-state index in [1.807, 2.05) is 0 Å². The number of hydrogen-bond acceptors (Lipinski definition) is 1. The van der Waals surface area contributed by atoms with Crippen LogP contribution in [-0.2, 0) is 6.18 Å². The molecule has 0 bridgehead atoms. The second kappa shape index (κ2) is 2.45. The predicted octanol–water partition coefficient (Wildman–Crippen LogP) is 2.29. The minimum atomic E-state index is -4.27. The van der Waals surface area contributed by atoms with Gasteiger partial charge in [-0.25, -0.2) is 0 Å². The highest BCUT2D eigenvalue weighted by Gasteiger charge is 2.29. The van der Waals surface area contributed by atoms with Gasteiger partial charge in [-0.3, -0.25) is 0 Å². The van der Waals surface area contributed by atoms with Crippen molar-refractivity contribution in [2.24, 2.45) is 0 Å². The molecule has 0 atom stereocenters. The van der Waals surface area contributed by atoms with Crippen LogP contribution >= 0.6 is 0 Å². The molecule has 1 nitrogen and oxygen atoms in total. The first kappa shape index (κ1) is 7.91. The Balaban J connectivity index is 2.99. The summed E-state index contributed by atoms with van der Waals surface area (Å²) in [5.41, 5.74) is 4.86. The zero-order chi connectivity index (χ0) is 8.48. The van der Waals surface area contributed by atoms with Crippen LogP contribution in [0.5, 0.6) is 0 Å².